The molecule has 0 bridgehead atoms. The quantitative estimate of drug-likeness (QED) is 0.618. The molecule has 0 aromatic heterocycles. The first kappa shape index (κ1) is 16.3. The number of amides is 1. The van der Waals surface area contributed by atoms with Crippen molar-refractivity contribution in [3.05, 3.63) is 18.2 Å². The van der Waals surface area contributed by atoms with E-state index in [1.165, 1.54) is 25.3 Å². The molecular weight excluding hydrogens is 282 g/mol. The van der Waals surface area contributed by atoms with E-state index < -0.39 is 10.0 Å². The number of hydrogen-bond donors (Lipinski definition) is 3. The van der Waals surface area contributed by atoms with Gasteiger partial charge in [0.1, 0.15) is 10.6 Å². The van der Waals surface area contributed by atoms with Gasteiger partial charge in [0.05, 0.1) is 7.11 Å². The second-order valence-corrected chi connectivity index (χ2v) is 5.75. The average Bonchev–Trinajstić information content (AvgIpc) is 2.38. The fraction of sp³-hybridized carbons (Fsp3) is 0.417. The molecule has 112 valence electrons. The number of rotatable bonds is 7. The van der Waals surface area contributed by atoms with Crippen LogP contribution in [0.3, 0.4) is 0 Å². The van der Waals surface area contributed by atoms with Gasteiger partial charge in [-0.1, -0.05) is 0 Å². The molecule has 0 spiro atoms. The van der Waals surface area contributed by atoms with Gasteiger partial charge in [-0.05, 0) is 19.1 Å². The Hall–Kier alpha value is -1.80. The van der Waals surface area contributed by atoms with Crippen molar-refractivity contribution in [2.75, 3.05) is 25.9 Å². The highest BCUT2D eigenvalue weighted by atomic mass is 32.2. The number of nitrogens with one attached hydrogen (secondary N) is 2. The zero-order valence-corrected chi connectivity index (χ0v) is 12.3. The standard InChI is InChI=1S/C12H19N3O4S/c1-3-14-12(16)6-7-15-20(17,18)11-5-4-9(13)8-10(11)19-2/h4-5,8,15H,3,6-7,13H2,1-2H3,(H,14,16). The number of benzene rings is 1. The normalized spacial score (nSPS) is 11.1. The van der Waals surface area contributed by atoms with E-state index in [9.17, 15) is 13.2 Å². The molecular formula is C12H19N3O4S. The van der Waals surface area contributed by atoms with Crippen LogP contribution < -0.4 is 20.5 Å². The fourth-order valence-corrected chi connectivity index (χ4v) is 2.75. The van der Waals surface area contributed by atoms with Gasteiger partial charge in [-0.25, -0.2) is 13.1 Å². The van der Waals surface area contributed by atoms with Crippen molar-refractivity contribution >= 4 is 21.6 Å². The third-order valence-electron chi connectivity index (χ3n) is 2.50. The highest BCUT2D eigenvalue weighted by Gasteiger charge is 2.19. The molecule has 1 amide bonds. The zero-order chi connectivity index (χ0) is 15.2. The molecule has 0 fully saturated rings. The Kier molecular flexibility index (Phi) is 5.78. The molecule has 0 aliphatic carbocycles. The maximum atomic E-state index is 12.1. The predicted molar refractivity (Wildman–Crippen MR) is 75.9 cm³/mol. The third-order valence-corrected chi connectivity index (χ3v) is 4.00. The molecule has 0 saturated heterocycles. The first-order valence-corrected chi connectivity index (χ1v) is 7.59. The van der Waals surface area contributed by atoms with Crippen LogP contribution in [-0.2, 0) is 14.8 Å². The summed E-state index contributed by atoms with van der Waals surface area (Å²) in [5, 5.41) is 2.59. The first-order chi connectivity index (χ1) is 9.40. The molecule has 1 rings (SSSR count). The van der Waals surface area contributed by atoms with E-state index >= 15 is 0 Å². The highest BCUT2D eigenvalue weighted by Crippen LogP contribution is 2.25. The number of carbonyl (C=O) groups excluding carboxylic acids is 1. The van der Waals surface area contributed by atoms with E-state index in [2.05, 4.69) is 10.0 Å². The van der Waals surface area contributed by atoms with E-state index in [-0.39, 0.29) is 29.5 Å². The average molecular weight is 301 g/mol. The zero-order valence-electron chi connectivity index (χ0n) is 11.5. The molecule has 20 heavy (non-hydrogen) atoms. The van der Waals surface area contributed by atoms with Crippen molar-refractivity contribution in [3.63, 3.8) is 0 Å². The maximum Gasteiger partial charge on any atom is 0.244 e. The first-order valence-electron chi connectivity index (χ1n) is 6.10. The molecule has 0 aliphatic heterocycles. The number of hydrogen-bond acceptors (Lipinski definition) is 5. The third kappa shape index (κ3) is 4.39. The van der Waals surface area contributed by atoms with Gasteiger partial charge in [0, 0.05) is 31.3 Å². The fourth-order valence-electron chi connectivity index (χ4n) is 1.57. The summed E-state index contributed by atoms with van der Waals surface area (Å²) in [6.07, 6.45) is 0.0738. The van der Waals surface area contributed by atoms with Crippen LogP contribution >= 0.6 is 0 Å². The second kappa shape index (κ2) is 7.11. The molecule has 0 aliphatic rings. The Morgan fingerprint density at radius 2 is 2.10 bits per heavy atom. The number of sulfonamides is 1. The van der Waals surface area contributed by atoms with Crippen molar-refractivity contribution in [1.82, 2.24) is 10.0 Å². The Balaban J connectivity index is 2.77. The van der Waals surface area contributed by atoms with E-state index in [4.69, 9.17) is 10.5 Å². The van der Waals surface area contributed by atoms with Crippen molar-refractivity contribution in [3.8, 4) is 5.75 Å². The number of carbonyl (C=O) groups is 1. The topological polar surface area (TPSA) is 111 Å². The molecule has 1 aromatic rings. The van der Waals surface area contributed by atoms with Gasteiger partial charge in [0.15, 0.2) is 0 Å². The van der Waals surface area contributed by atoms with Crippen molar-refractivity contribution in [2.24, 2.45) is 0 Å². The molecule has 8 heteroatoms. The van der Waals surface area contributed by atoms with Gasteiger partial charge < -0.3 is 15.8 Å². The number of ether oxygens (including phenoxy) is 1. The summed E-state index contributed by atoms with van der Waals surface area (Å²) in [6, 6.07) is 4.27. The van der Waals surface area contributed by atoms with Crippen LogP contribution in [0.2, 0.25) is 0 Å². The van der Waals surface area contributed by atoms with Crippen LogP contribution in [0, 0.1) is 0 Å². The van der Waals surface area contributed by atoms with Gasteiger partial charge >= 0.3 is 0 Å². The van der Waals surface area contributed by atoms with Crippen molar-refractivity contribution in [2.45, 2.75) is 18.2 Å². The Morgan fingerprint density at radius 3 is 2.70 bits per heavy atom. The number of nitrogens with two attached hydrogens (primary N) is 1. The molecule has 0 heterocycles. The van der Waals surface area contributed by atoms with E-state index in [1.807, 2.05) is 0 Å². The molecule has 7 nitrogen and oxygen atoms in total. The van der Waals surface area contributed by atoms with E-state index in [0.29, 0.717) is 12.2 Å². The largest absolute Gasteiger partial charge is 0.495 e. The van der Waals surface area contributed by atoms with Crippen molar-refractivity contribution in [1.29, 1.82) is 0 Å². The highest BCUT2D eigenvalue weighted by molar-refractivity contribution is 7.89. The summed E-state index contributed by atoms with van der Waals surface area (Å²) in [5.74, 6) is -0.0463. The summed E-state index contributed by atoms with van der Waals surface area (Å²) in [7, 11) is -2.38. The summed E-state index contributed by atoms with van der Waals surface area (Å²) < 4.78 is 31.5. The minimum Gasteiger partial charge on any atom is -0.495 e. The van der Waals surface area contributed by atoms with Crippen LogP contribution in [0.1, 0.15) is 13.3 Å². The summed E-state index contributed by atoms with van der Waals surface area (Å²) in [5.41, 5.74) is 5.98. The maximum absolute atomic E-state index is 12.1. The van der Waals surface area contributed by atoms with Crippen LogP contribution in [0.25, 0.3) is 0 Å². The van der Waals surface area contributed by atoms with Crippen molar-refractivity contribution < 1.29 is 17.9 Å². The lowest BCUT2D eigenvalue weighted by Gasteiger charge is -2.11. The molecule has 0 radical (unpaired) electrons. The Labute approximate surface area is 118 Å². The minimum atomic E-state index is -3.74. The monoisotopic (exact) mass is 301 g/mol. The van der Waals surface area contributed by atoms with Crippen LogP contribution in [0.5, 0.6) is 5.75 Å². The second-order valence-electron chi connectivity index (χ2n) is 4.01. The van der Waals surface area contributed by atoms with E-state index in [0.717, 1.165) is 0 Å². The Bertz CT molecular complexity index is 572. The van der Waals surface area contributed by atoms with Gasteiger partial charge in [0.25, 0.3) is 0 Å². The molecule has 4 N–H and O–H groups in total. The van der Waals surface area contributed by atoms with Crippen LogP contribution in [0.4, 0.5) is 5.69 Å². The predicted octanol–water partition coefficient (Wildman–Crippen LogP) is 0.0819. The lowest BCUT2D eigenvalue weighted by Crippen LogP contribution is -2.30. The number of methoxy groups -OCH3 is 1. The minimum absolute atomic E-state index is 0.00917. The molecule has 0 atom stereocenters. The lowest BCUT2D eigenvalue weighted by atomic mass is 10.3. The Morgan fingerprint density at radius 1 is 1.40 bits per heavy atom. The van der Waals surface area contributed by atoms with Crippen LogP contribution in [0.15, 0.2) is 23.1 Å². The van der Waals surface area contributed by atoms with Gasteiger partial charge in [-0.15, -0.1) is 0 Å². The van der Waals surface area contributed by atoms with E-state index in [1.54, 1.807) is 6.92 Å². The van der Waals surface area contributed by atoms with Gasteiger partial charge in [-0.2, -0.15) is 0 Å². The molecule has 0 unspecified atom stereocenters. The van der Waals surface area contributed by atoms with Gasteiger partial charge in [-0.3, -0.25) is 4.79 Å². The molecule has 0 saturated carbocycles. The van der Waals surface area contributed by atoms with Gasteiger partial charge in [0.2, 0.25) is 15.9 Å². The lowest BCUT2D eigenvalue weighted by molar-refractivity contribution is -0.120. The number of anilines is 1. The van der Waals surface area contributed by atoms with Crippen LogP contribution in [-0.4, -0.2) is 34.5 Å². The molecule has 1 aromatic carbocycles. The summed E-state index contributed by atoms with van der Waals surface area (Å²) in [4.78, 5) is 11.2. The summed E-state index contributed by atoms with van der Waals surface area (Å²) in [6.45, 7) is 2.32. The SMILES string of the molecule is CCNC(=O)CCNS(=O)(=O)c1ccc(N)cc1OC. The number of nitrogen functional groups attached to an aromatic ring is 1. The smallest absolute Gasteiger partial charge is 0.244 e. The summed E-state index contributed by atoms with van der Waals surface area (Å²) >= 11 is 0.